The highest BCUT2D eigenvalue weighted by atomic mass is 19.1. The summed E-state index contributed by atoms with van der Waals surface area (Å²) < 4.78 is 13.8. The summed E-state index contributed by atoms with van der Waals surface area (Å²) in [7, 11) is 0. The van der Waals surface area contributed by atoms with Gasteiger partial charge in [-0.2, -0.15) is 10.5 Å². The van der Waals surface area contributed by atoms with Gasteiger partial charge in [-0.1, -0.05) is 11.8 Å². The van der Waals surface area contributed by atoms with Crippen molar-refractivity contribution in [3.8, 4) is 24.0 Å². The van der Waals surface area contributed by atoms with E-state index in [1.807, 2.05) is 0 Å². The topological polar surface area (TPSA) is 88.1 Å². The lowest BCUT2D eigenvalue weighted by atomic mass is 10.1. The van der Waals surface area contributed by atoms with Crippen molar-refractivity contribution in [3.63, 3.8) is 0 Å². The van der Waals surface area contributed by atoms with E-state index in [1.165, 1.54) is 12.1 Å². The Morgan fingerprint density at radius 3 is 2.48 bits per heavy atom. The van der Waals surface area contributed by atoms with Gasteiger partial charge in [-0.25, -0.2) is 4.39 Å². The number of carbonyl (C=O) groups is 1. The van der Waals surface area contributed by atoms with Crippen LogP contribution in [0.15, 0.2) is 18.2 Å². The predicted octanol–water partition coefficient (Wildman–Crippen LogP) is 1.05. The highest BCUT2D eigenvalue weighted by Gasteiger charge is 2.16. The molecule has 1 aromatic carbocycles. The summed E-state index contributed by atoms with van der Waals surface area (Å²) in [5.74, 6) is 3.87. The van der Waals surface area contributed by atoms with Gasteiger partial charge < -0.3 is 10.0 Å². The zero-order valence-corrected chi connectivity index (χ0v) is 11.1. The molecule has 106 valence electrons. The lowest BCUT2D eigenvalue weighted by Gasteiger charge is -2.15. The third-order valence-corrected chi connectivity index (χ3v) is 2.49. The summed E-state index contributed by atoms with van der Waals surface area (Å²) in [5, 5.41) is 25.8. The maximum absolute atomic E-state index is 13.8. The minimum atomic E-state index is -0.667. The molecule has 5 nitrogen and oxygen atoms in total. The van der Waals surface area contributed by atoms with Crippen molar-refractivity contribution < 1.29 is 14.3 Å². The second kappa shape index (κ2) is 8.32. The second-order valence-corrected chi connectivity index (χ2v) is 3.95. The Balaban J connectivity index is 2.98. The Bertz CT molecular complexity index is 646. The van der Waals surface area contributed by atoms with E-state index in [0.29, 0.717) is 0 Å². The summed E-state index contributed by atoms with van der Waals surface area (Å²) >= 11 is 0. The molecule has 1 N–H and O–H groups in total. The van der Waals surface area contributed by atoms with E-state index in [1.54, 1.807) is 12.1 Å². The first-order chi connectivity index (χ1) is 10.1. The third kappa shape index (κ3) is 4.62. The van der Waals surface area contributed by atoms with Crippen LogP contribution in [-0.4, -0.2) is 35.6 Å². The van der Waals surface area contributed by atoms with Crippen molar-refractivity contribution in [1.82, 2.24) is 4.90 Å². The fraction of sp³-hybridized carbons (Fsp3) is 0.267. The molecular formula is C15H12FN3O2. The number of aliphatic hydroxyl groups excluding tert-OH is 1. The van der Waals surface area contributed by atoms with Gasteiger partial charge in [0, 0.05) is 12.0 Å². The van der Waals surface area contributed by atoms with Crippen LogP contribution in [0.3, 0.4) is 0 Å². The number of carbonyl (C=O) groups excluding carboxylic acids is 1. The molecule has 0 aliphatic carbocycles. The number of rotatable bonds is 4. The molecule has 1 rings (SSSR count). The maximum Gasteiger partial charge on any atom is 0.255 e. The smallest absolute Gasteiger partial charge is 0.255 e. The number of hydrogen-bond donors (Lipinski definition) is 1. The molecule has 0 bridgehead atoms. The fourth-order valence-electron chi connectivity index (χ4n) is 1.52. The molecule has 1 aromatic rings. The lowest BCUT2D eigenvalue weighted by Crippen LogP contribution is -2.31. The van der Waals surface area contributed by atoms with Gasteiger partial charge in [-0.05, 0) is 18.2 Å². The van der Waals surface area contributed by atoms with Crippen LogP contribution in [0.5, 0.6) is 0 Å². The maximum atomic E-state index is 13.8. The molecule has 0 aliphatic rings. The van der Waals surface area contributed by atoms with E-state index in [4.69, 9.17) is 15.6 Å². The Morgan fingerprint density at radius 2 is 1.95 bits per heavy atom. The van der Waals surface area contributed by atoms with E-state index in [0.717, 1.165) is 11.0 Å². The number of halogens is 1. The van der Waals surface area contributed by atoms with Crippen molar-refractivity contribution >= 4 is 5.91 Å². The molecule has 6 heteroatoms. The number of benzene rings is 1. The molecule has 1 amide bonds. The molecule has 0 saturated carbocycles. The number of hydrogen-bond acceptors (Lipinski definition) is 4. The van der Waals surface area contributed by atoms with Crippen molar-refractivity contribution in [2.75, 3.05) is 19.7 Å². The fourth-order valence-corrected chi connectivity index (χ4v) is 1.52. The average molecular weight is 285 g/mol. The lowest BCUT2D eigenvalue weighted by molar-refractivity contribution is 0.0794. The van der Waals surface area contributed by atoms with E-state index >= 15 is 0 Å². The first-order valence-electron chi connectivity index (χ1n) is 6.06. The van der Waals surface area contributed by atoms with Crippen LogP contribution in [0, 0.1) is 40.3 Å². The number of nitrogens with zero attached hydrogens (tertiary/aromatic N) is 3. The Morgan fingerprint density at radius 1 is 1.29 bits per heavy atom. The van der Waals surface area contributed by atoms with Gasteiger partial charge in [-0.3, -0.25) is 4.79 Å². The summed E-state index contributed by atoms with van der Waals surface area (Å²) in [6.07, 6.45) is 0.234. The van der Waals surface area contributed by atoms with Gasteiger partial charge >= 0.3 is 0 Å². The summed E-state index contributed by atoms with van der Waals surface area (Å²) in [4.78, 5) is 13.1. The third-order valence-electron chi connectivity index (χ3n) is 2.49. The SMILES string of the molecule is N#CCN(CC#N)C(=O)c1ccc(C#CCCO)c(F)c1. The van der Waals surface area contributed by atoms with Crippen LogP contribution in [-0.2, 0) is 0 Å². The molecule has 0 radical (unpaired) electrons. The van der Waals surface area contributed by atoms with Gasteiger partial charge in [-0.15, -0.1) is 0 Å². The van der Waals surface area contributed by atoms with Crippen LogP contribution in [0.1, 0.15) is 22.3 Å². The highest BCUT2D eigenvalue weighted by molar-refractivity contribution is 5.94. The zero-order chi connectivity index (χ0) is 15.7. The summed E-state index contributed by atoms with van der Waals surface area (Å²) in [5.41, 5.74) is 0.165. The van der Waals surface area contributed by atoms with Crippen molar-refractivity contribution in [1.29, 1.82) is 10.5 Å². The number of nitriles is 2. The van der Waals surface area contributed by atoms with Crippen molar-refractivity contribution in [2.24, 2.45) is 0 Å². The monoisotopic (exact) mass is 285 g/mol. The number of amides is 1. The molecule has 0 aliphatic heterocycles. The van der Waals surface area contributed by atoms with E-state index in [-0.39, 0.29) is 37.2 Å². The Kier molecular flexibility index (Phi) is 6.41. The molecule has 21 heavy (non-hydrogen) atoms. The molecule has 0 spiro atoms. The number of aliphatic hydroxyl groups is 1. The van der Waals surface area contributed by atoms with E-state index in [9.17, 15) is 9.18 Å². The van der Waals surface area contributed by atoms with Gasteiger partial charge in [0.05, 0.1) is 24.3 Å². The Hall–Kier alpha value is -2.88. The molecular weight excluding hydrogens is 273 g/mol. The minimum absolute atomic E-state index is 0.0470. The van der Waals surface area contributed by atoms with Gasteiger partial charge in [0.1, 0.15) is 18.9 Å². The van der Waals surface area contributed by atoms with Crippen LogP contribution >= 0.6 is 0 Å². The van der Waals surface area contributed by atoms with E-state index in [2.05, 4.69) is 11.8 Å². The largest absolute Gasteiger partial charge is 0.395 e. The van der Waals surface area contributed by atoms with Gasteiger partial charge in [0.15, 0.2) is 0 Å². The predicted molar refractivity (Wildman–Crippen MR) is 72.1 cm³/mol. The van der Waals surface area contributed by atoms with Crippen molar-refractivity contribution in [2.45, 2.75) is 6.42 Å². The summed E-state index contributed by atoms with van der Waals surface area (Å²) in [6.45, 7) is -0.597. The van der Waals surface area contributed by atoms with Gasteiger partial charge in [0.2, 0.25) is 0 Å². The zero-order valence-electron chi connectivity index (χ0n) is 11.1. The van der Waals surface area contributed by atoms with Crippen LogP contribution in [0.4, 0.5) is 4.39 Å². The highest BCUT2D eigenvalue weighted by Crippen LogP contribution is 2.12. The van der Waals surface area contributed by atoms with E-state index < -0.39 is 11.7 Å². The van der Waals surface area contributed by atoms with Crippen molar-refractivity contribution in [3.05, 3.63) is 35.1 Å². The molecule has 0 atom stereocenters. The second-order valence-electron chi connectivity index (χ2n) is 3.95. The first kappa shape index (κ1) is 16.2. The summed E-state index contributed by atoms with van der Waals surface area (Å²) in [6, 6.07) is 7.31. The molecule has 0 aromatic heterocycles. The first-order valence-corrected chi connectivity index (χ1v) is 6.06. The molecule has 0 saturated heterocycles. The molecule has 0 fully saturated rings. The van der Waals surface area contributed by atoms with Crippen LogP contribution in [0.2, 0.25) is 0 Å². The van der Waals surface area contributed by atoms with Crippen LogP contribution < -0.4 is 0 Å². The normalized spacial score (nSPS) is 8.95. The van der Waals surface area contributed by atoms with Crippen LogP contribution in [0.25, 0.3) is 0 Å². The standard InChI is InChI=1S/C15H12FN3O2/c16-14-11-13(5-4-12(14)3-1-2-10-20)15(21)19(8-6-17)9-7-18/h4-5,11,20H,2,8-10H2. The quantitative estimate of drug-likeness (QED) is 0.661. The average Bonchev–Trinajstić information content (AvgIpc) is 2.48. The molecule has 0 unspecified atom stereocenters. The minimum Gasteiger partial charge on any atom is -0.395 e. The Labute approximate surface area is 121 Å². The van der Waals surface area contributed by atoms with Gasteiger partial charge in [0.25, 0.3) is 5.91 Å². The molecule has 0 heterocycles.